The van der Waals surface area contributed by atoms with Crippen LogP contribution in [0.15, 0.2) is 5.38 Å². The molecule has 0 unspecified atom stereocenters. The third kappa shape index (κ3) is 1.01. The highest BCUT2D eigenvalue weighted by molar-refractivity contribution is 7.09. The quantitative estimate of drug-likeness (QED) is 0.571. The molecule has 0 atom stereocenters. The SMILES string of the molecule is FC(F)c1n[c]cs1. The summed E-state index contributed by atoms with van der Waals surface area (Å²) in [6, 6.07) is 0. The van der Waals surface area contributed by atoms with Crippen molar-refractivity contribution >= 4 is 11.3 Å². The number of halogens is 2. The molecule has 0 aliphatic carbocycles. The summed E-state index contributed by atoms with van der Waals surface area (Å²) in [5, 5.41) is 1.24. The first-order valence-corrected chi connectivity index (χ1v) is 2.78. The van der Waals surface area contributed by atoms with E-state index < -0.39 is 6.43 Å². The van der Waals surface area contributed by atoms with Crippen LogP contribution in [0.5, 0.6) is 0 Å². The molecule has 4 heteroatoms. The molecule has 0 amide bonds. The number of nitrogens with zero attached hydrogens (tertiary/aromatic N) is 1. The van der Waals surface area contributed by atoms with Crippen molar-refractivity contribution < 1.29 is 8.78 Å². The van der Waals surface area contributed by atoms with E-state index in [4.69, 9.17) is 0 Å². The van der Waals surface area contributed by atoms with E-state index in [-0.39, 0.29) is 5.01 Å². The van der Waals surface area contributed by atoms with Gasteiger partial charge in [0.1, 0.15) is 6.20 Å². The van der Waals surface area contributed by atoms with Gasteiger partial charge in [-0.3, -0.25) is 0 Å². The van der Waals surface area contributed by atoms with Crippen LogP contribution in [0, 0.1) is 6.20 Å². The number of thiazole rings is 1. The summed E-state index contributed by atoms with van der Waals surface area (Å²) >= 11 is 0.914. The number of hydrogen-bond donors (Lipinski definition) is 0. The van der Waals surface area contributed by atoms with Crippen molar-refractivity contribution in [2.75, 3.05) is 0 Å². The Balaban J connectivity index is 2.77. The topological polar surface area (TPSA) is 12.9 Å². The lowest BCUT2D eigenvalue weighted by Gasteiger charge is -1.85. The molecule has 0 aliphatic heterocycles. The van der Waals surface area contributed by atoms with E-state index in [1.165, 1.54) is 5.38 Å². The van der Waals surface area contributed by atoms with Gasteiger partial charge in [-0.25, -0.2) is 13.8 Å². The summed E-state index contributed by atoms with van der Waals surface area (Å²) < 4.78 is 23.1. The summed E-state index contributed by atoms with van der Waals surface area (Å²) in [5.74, 6) is 0. The highest BCUT2D eigenvalue weighted by atomic mass is 32.1. The second-order valence-electron chi connectivity index (χ2n) is 1.12. The smallest absolute Gasteiger partial charge is 0.233 e. The molecular formula is C4H2F2NS. The zero-order chi connectivity index (χ0) is 5.98. The van der Waals surface area contributed by atoms with Crippen LogP contribution in [-0.2, 0) is 0 Å². The first-order valence-electron chi connectivity index (χ1n) is 1.90. The second-order valence-corrected chi connectivity index (χ2v) is 2.01. The maximum atomic E-state index is 11.5. The lowest BCUT2D eigenvalue weighted by atomic mass is 10.7. The van der Waals surface area contributed by atoms with E-state index in [1.807, 2.05) is 0 Å². The average Bonchev–Trinajstić information content (AvgIpc) is 2.12. The van der Waals surface area contributed by atoms with Gasteiger partial charge in [-0.15, -0.1) is 11.3 Å². The minimum absolute atomic E-state index is 0.162. The molecule has 0 aromatic carbocycles. The Bertz CT molecular complexity index is 149. The van der Waals surface area contributed by atoms with Gasteiger partial charge in [0.25, 0.3) is 6.43 Å². The molecule has 0 fully saturated rings. The monoisotopic (exact) mass is 134 g/mol. The van der Waals surface area contributed by atoms with Crippen LogP contribution in [-0.4, -0.2) is 4.98 Å². The molecule has 1 heterocycles. The van der Waals surface area contributed by atoms with Gasteiger partial charge in [-0.05, 0) is 0 Å². The highest BCUT2D eigenvalue weighted by Gasteiger charge is 2.07. The van der Waals surface area contributed by atoms with Crippen LogP contribution in [0.1, 0.15) is 11.4 Å². The molecule has 1 aromatic rings. The standard InChI is InChI=1S/C4H2F2NS/c5-3(6)4-7-1-2-8-4/h2-3H. The summed E-state index contributed by atoms with van der Waals surface area (Å²) in [6.45, 7) is 0. The van der Waals surface area contributed by atoms with Crippen LogP contribution in [0.25, 0.3) is 0 Å². The van der Waals surface area contributed by atoms with E-state index in [9.17, 15) is 8.78 Å². The van der Waals surface area contributed by atoms with Crippen molar-refractivity contribution in [1.82, 2.24) is 4.98 Å². The Morgan fingerprint density at radius 2 is 2.50 bits per heavy atom. The van der Waals surface area contributed by atoms with Crippen LogP contribution >= 0.6 is 11.3 Å². The summed E-state index contributed by atoms with van der Waals surface area (Å²) in [6.07, 6.45) is -0.139. The predicted molar refractivity (Wildman–Crippen MR) is 25.9 cm³/mol. The summed E-state index contributed by atoms with van der Waals surface area (Å²) in [7, 11) is 0. The van der Waals surface area contributed by atoms with Gasteiger partial charge in [0, 0.05) is 5.38 Å². The maximum Gasteiger partial charge on any atom is 0.289 e. The van der Waals surface area contributed by atoms with Gasteiger partial charge in [-0.2, -0.15) is 0 Å². The number of alkyl halides is 2. The first kappa shape index (κ1) is 5.62. The highest BCUT2D eigenvalue weighted by Crippen LogP contribution is 2.19. The van der Waals surface area contributed by atoms with Crippen molar-refractivity contribution in [3.8, 4) is 0 Å². The lowest BCUT2D eigenvalue weighted by Crippen LogP contribution is -1.77. The molecule has 0 bridgehead atoms. The molecule has 0 N–H and O–H groups in total. The van der Waals surface area contributed by atoms with E-state index in [1.54, 1.807) is 0 Å². The minimum atomic E-state index is -2.44. The van der Waals surface area contributed by atoms with Gasteiger partial charge < -0.3 is 0 Å². The molecule has 0 aliphatic rings. The fraction of sp³-hybridized carbons (Fsp3) is 0.250. The van der Waals surface area contributed by atoms with Gasteiger partial charge in [0.2, 0.25) is 0 Å². The fourth-order valence-electron chi connectivity index (χ4n) is 0.303. The zero-order valence-corrected chi connectivity index (χ0v) is 4.58. The molecular weight excluding hydrogens is 132 g/mol. The number of rotatable bonds is 1. The van der Waals surface area contributed by atoms with E-state index in [2.05, 4.69) is 11.2 Å². The molecule has 1 rings (SSSR count). The van der Waals surface area contributed by atoms with Crippen molar-refractivity contribution in [2.45, 2.75) is 6.43 Å². The lowest BCUT2D eigenvalue weighted by molar-refractivity contribution is 0.151. The molecule has 1 radical (unpaired) electrons. The third-order valence-corrected chi connectivity index (χ3v) is 1.33. The van der Waals surface area contributed by atoms with Crippen molar-refractivity contribution in [3.05, 3.63) is 16.6 Å². The van der Waals surface area contributed by atoms with E-state index >= 15 is 0 Å². The van der Waals surface area contributed by atoms with Crippen LogP contribution in [0.2, 0.25) is 0 Å². The minimum Gasteiger partial charge on any atom is -0.233 e. The normalized spacial score (nSPS) is 10.4. The Labute approximate surface area is 49.0 Å². The summed E-state index contributed by atoms with van der Waals surface area (Å²) in [5.41, 5.74) is 0. The molecule has 43 valence electrons. The zero-order valence-electron chi connectivity index (χ0n) is 3.77. The van der Waals surface area contributed by atoms with Crippen LogP contribution in [0.4, 0.5) is 8.78 Å². The van der Waals surface area contributed by atoms with Gasteiger partial charge in [0.05, 0.1) is 0 Å². The van der Waals surface area contributed by atoms with E-state index in [0.29, 0.717) is 0 Å². The molecule has 1 nitrogen and oxygen atoms in total. The molecule has 0 saturated heterocycles. The fourth-order valence-corrected chi connectivity index (χ4v) is 0.738. The van der Waals surface area contributed by atoms with E-state index in [0.717, 1.165) is 11.3 Å². The van der Waals surface area contributed by atoms with Gasteiger partial charge in [0.15, 0.2) is 5.01 Å². The second kappa shape index (κ2) is 2.17. The largest absolute Gasteiger partial charge is 0.289 e. The van der Waals surface area contributed by atoms with Crippen molar-refractivity contribution in [2.24, 2.45) is 0 Å². The molecule has 1 aromatic heterocycles. The number of hydrogen-bond acceptors (Lipinski definition) is 2. The number of aromatic nitrogens is 1. The predicted octanol–water partition coefficient (Wildman–Crippen LogP) is 1.88. The average molecular weight is 134 g/mol. The third-order valence-electron chi connectivity index (χ3n) is 0.594. The molecule has 8 heavy (non-hydrogen) atoms. The van der Waals surface area contributed by atoms with Gasteiger partial charge >= 0.3 is 0 Å². The summed E-state index contributed by atoms with van der Waals surface area (Å²) in [4.78, 5) is 3.26. The van der Waals surface area contributed by atoms with Crippen molar-refractivity contribution in [3.63, 3.8) is 0 Å². The van der Waals surface area contributed by atoms with Gasteiger partial charge in [-0.1, -0.05) is 0 Å². The first-order chi connectivity index (χ1) is 3.80. The Kier molecular flexibility index (Phi) is 1.53. The molecule has 0 spiro atoms. The Morgan fingerprint density at radius 3 is 2.75 bits per heavy atom. The van der Waals surface area contributed by atoms with Crippen molar-refractivity contribution in [1.29, 1.82) is 0 Å². The van der Waals surface area contributed by atoms with Crippen LogP contribution in [0.3, 0.4) is 0 Å². The maximum absolute atomic E-state index is 11.5. The Morgan fingerprint density at radius 1 is 1.75 bits per heavy atom. The van der Waals surface area contributed by atoms with Crippen LogP contribution < -0.4 is 0 Å². The molecule has 0 saturated carbocycles. The Hall–Kier alpha value is -0.510.